The van der Waals surface area contributed by atoms with Gasteiger partial charge >= 0.3 is 6.03 Å². The lowest BCUT2D eigenvalue weighted by atomic mass is 9.94. The van der Waals surface area contributed by atoms with E-state index in [1.165, 1.54) is 31.2 Å². The van der Waals surface area contributed by atoms with Crippen molar-refractivity contribution in [3.8, 4) is 5.75 Å². The fourth-order valence-corrected chi connectivity index (χ4v) is 4.66. The van der Waals surface area contributed by atoms with Gasteiger partial charge in [0.2, 0.25) is 0 Å². The smallest absolute Gasteiger partial charge is 0.327 e. The Balaban J connectivity index is 1.42. The predicted molar refractivity (Wildman–Crippen MR) is 121 cm³/mol. The molecule has 0 radical (unpaired) electrons. The molecule has 7 heteroatoms. The molecule has 0 spiro atoms. The topological polar surface area (TPSA) is 70.2 Å². The molecule has 2 N–H and O–H groups in total. The minimum atomic E-state index is -0.0363. The van der Waals surface area contributed by atoms with Crippen LogP contribution in [0.15, 0.2) is 53.4 Å². The van der Waals surface area contributed by atoms with Crippen molar-refractivity contribution in [2.24, 2.45) is 0 Å². The number of hydrogen-bond acceptors (Lipinski definition) is 4. The van der Waals surface area contributed by atoms with Gasteiger partial charge in [0.15, 0.2) is 0 Å². The molecule has 4 rings (SSSR count). The summed E-state index contributed by atoms with van der Waals surface area (Å²) in [5.41, 5.74) is 2.00. The molecule has 0 unspecified atom stereocenters. The van der Waals surface area contributed by atoms with Crippen molar-refractivity contribution in [3.05, 3.63) is 54.4 Å². The summed E-state index contributed by atoms with van der Waals surface area (Å²) in [6, 6.07) is 16.0. The highest BCUT2D eigenvalue weighted by Crippen LogP contribution is 2.25. The van der Waals surface area contributed by atoms with Crippen LogP contribution in [0.1, 0.15) is 37.9 Å². The Morgan fingerprint density at radius 2 is 2.03 bits per heavy atom. The van der Waals surface area contributed by atoms with Gasteiger partial charge in [-0.2, -0.15) is 0 Å². The molecule has 2 aromatic carbocycles. The number of carbonyl (C=O) groups excluding carboxylic acids is 1. The van der Waals surface area contributed by atoms with E-state index in [2.05, 4.69) is 14.7 Å². The van der Waals surface area contributed by atoms with E-state index in [0.29, 0.717) is 13.0 Å². The number of methoxy groups -OCH3 is 1. The summed E-state index contributed by atoms with van der Waals surface area (Å²) in [4.78, 5) is 24.1. The third-order valence-electron chi connectivity index (χ3n) is 5.60. The highest BCUT2D eigenvalue weighted by Gasteiger charge is 2.25. The van der Waals surface area contributed by atoms with Crippen molar-refractivity contribution in [2.45, 2.75) is 49.5 Å². The zero-order valence-corrected chi connectivity index (χ0v) is 18.1. The second kappa shape index (κ2) is 9.89. The van der Waals surface area contributed by atoms with Crippen LogP contribution in [-0.2, 0) is 6.42 Å². The van der Waals surface area contributed by atoms with Crippen molar-refractivity contribution in [3.63, 3.8) is 0 Å². The first-order chi connectivity index (χ1) is 14.7. The average molecular weight is 425 g/mol. The molecule has 1 aliphatic carbocycles. The van der Waals surface area contributed by atoms with E-state index in [4.69, 9.17) is 4.74 Å². The van der Waals surface area contributed by atoms with Gasteiger partial charge in [0.1, 0.15) is 11.6 Å². The number of carbonyl (C=O) groups is 1. The molecule has 30 heavy (non-hydrogen) atoms. The zero-order valence-electron chi connectivity index (χ0n) is 17.3. The van der Waals surface area contributed by atoms with E-state index < -0.39 is 0 Å². The monoisotopic (exact) mass is 424 g/mol. The van der Waals surface area contributed by atoms with Crippen LogP contribution < -0.4 is 9.46 Å². The number of fused-ring (bicyclic) bond motifs is 1. The maximum absolute atomic E-state index is 13.1. The molecule has 0 atom stereocenters. The Labute approximate surface area is 181 Å². The van der Waals surface area contributed by atoms with E-state index in [9.17, 15) is 4.79 Å². The third kappa shape index (κ3) is 5.08. The van der Waals surface area contributed by atoms with Crippen molar-refractivity contribution in [1.82, 2.24) is 19.6 Å². The second-order valence-corrected chi connectivity index (χ2v) is 8.50. The van der Waals surface area contributed by atoms with Gasteiger partial charge in [-0.05, 0) is 55.1 Å². The molecule has 1 saturated carbocycles. The summed E-state index contributed by atoms with van der Waals surface area (Å²) in [5.74, 6) is 1.70. The average Bonchev–Trinajstić information content (AvgIpc) is 3.21. The summed E-state index contributed by atoms with van der Waals surface area (Å²) in [7, 11) is 1.64. The maximum Gasteiger partial charge on any atom is 0.327 e. The summed E-state index contributed by atoms with van der Waals surface area (Å²) in [6.45, 7) is 0.648. The number of para-hydroxylation sites is 2. The molecule has 1 fully saturated rings. The van der Waals surface area contributed by atoms with E-state index >= 15 is 0 Å². The molecule has 1 aromatic heterocycles. The number of H-pyrrole nitrogens is 1. The van der Waals surface area contributed by atoms with E-state index in [-0.39, 0.29) is 12.1 Å². The van der Waals surface area contributed by atoms with Crippen LogP contribution in [0, 0.1) is 0 Å². The SMILES string of the molecule is COc1cccc(SNC(=O)N(CCc2nc3ccccc3[nH]2)C2CCCCC2)c1. The molecule has 2 amide bonds. The van der Waals surface area contributed by atoms with Crippen LogP contribution in [0.25, 0.3) is 11.0 Å². The fourth-order valence-electron chi connectivity index (χ4n) is 4.02. The Hall–Kier alpha value is -2.67. The third-order valence-corrected chi connectivity index (χ3v) is 6.37. The summed E-state index contributed by atoms with van der Waals surface area (Å²) < 4.78 is 8.30. The number of amides is 2. The largest absolute Gasteiger partial charge is 0.497 e. The standard InChI is InChI=1S/C23H28N4O2S/c1-29-18-10-7-11-19(16-18)30-26-23(28)27(17-8-3-2-4-9-17)15-14-22-24-20-12-5-6-13-21(20)25-22/h5-7,10-13,16-17H,2-4,8-9,14-15H2,1H3,(H,24,25)(H,26,28). The summed E-state index contributed by atoms with van der Waals surface area (Å²) in [6.07, 6.45) is 6.47. The van der Waals surface area contributed by atoms with Crippen molar-refractivity contribution in [1.29, 1.82) is 0 Å². The van der Waals surface area contributed by atoms with Crippen LogP contribution in [-0.4, -0.2) is 40.6 Å². The van der Waals surface area contributed by atoms with Crippen LogP contribution in [0.3, 0.4) is 0 Å². The van der Waals surface area contributed by atoms with Crippen molar-refractivity contribution in [2.75, 3.05) is 13.7 Å². The number of nitrogens with zero attached hydrogens (tertiary/aromatic N) is 2. The van der Waals surface area contributed by atoms with E-state index in [1.54, 1.807) is 7.11 Å². The minimum Gasteiger partial charge on any atom is -0.497 e. The normalized spacial score (nSPS) is 14.6. The maximum atomic E-state index is 13.1. The number of urea groups is 1. The summed E-state index contributed by atoms with van der Waals surface area (Å²) in [5, 5.41) is 0. The van der Waals surface area contributed by atoms with Crippen LogP contribution in [0.4, 0.5) is 4.79 Å². The molecule has 3 aromatic rings. The van der Waals surface area contributed by atoms with E-state index in [0.717, 1.165) is 40.3 Å². The Morgan fingerprint density at radius 1 is 1.20 bits per heavy atom. The molecule has 0 saturated heterocycles. The number of aromatic amines is 1. The lowest BCUT2D eigenvalue weighted by Gasteiger charge is -2.34. The first-order valence-corrected chi connectivity index (χ1v) is 11.4. The van der Waals surface area contributed by atoms with Crippen LogP contribution in [0.5, 0.6) is 5.75 Å². The summed E-state index contributed by atoms with van der Waals surface area (Å²) >= 11 is 1.33. The van der Waals surface area contributed by atoms with Gasteiger partial charge in [-0.15, -0.1) is 0 Å². The number of imidazole rings is 1. The zero-order chi connectivity index (χ0) is 20.8. The highest BCUT2D eigenvalue weighted by molar-refractivity contribution is 7.98. The van der Waals surface area contributed by atoms with E-state index in [1.807, 2.05) is 53.4 Å². The fraction of sp³-hybridized carbons (Fsp3) is 0.391. The van der Waals surface area contributed by atoms with Gasteiger partial charge in [-0.25, -0.2) is 9.78 Å². The molecule has 1 heterocycles. The van der Waals surface area contributed by atoms with Gasteiger partial charge in [-0.1, -0.05) is 37.5 Å². The Bertz CT molecular complexity index is 951. The number of aromatic nitrogens is 2. The van der Waals surface area contributed by atoms with Gasteiger partial charge in [0, 0.05) is 23.9 Å². The number of nitrogens with one attached hydrogen (secondary N) is 2. The Kier molecular flexibility index (Phi) is 6.79. The molecule has 1 aliphatic rings. The second-order valence-electron chi connectivity index (χ2n) is 7.62. The molecule has 0 aliphatic heterocycles. The van der Waals surface area contributed by atoms with Crippen LogP contribution in [0.2, 0.25) is 0 Å². The van der Waals surface area contributed by atoms with Crippen molar-refractivity contribution < 1.29 is 9.53 Å². The number of rotatable bonds is 7. The van der Waals surface area contributed by atoms with Gasteiger partial charge in [-0.3, -0.25) is 4.72 Å². The van der Waals surface area contributed by atoms with Gasteiger partial charge < -0.3 is 14.6 Å². The number of ether oxygens (including phenoxy) is 1. The molecular formula is C23H28N4O2S. The molecule has 6 nitrogen and oxygen atoms in total. The quantitative estimate of drug-likeness (QED) is 0.514. The Morgan fingerprint density at radius 3 is 2.83 bits per heavy atom. The molecular weight excluding hydrogens is 396 g/mol. The lowest BCUT2D eigenvalue weighted by Crippen LogP contribution is -2.46. The van der Waals surface area contributed by atoms with Crippen LogP contribution >= 0.6 is 11.9 Å². The first kappa shape index (κ1) is 20.6. The number of hydrogen-bond donors (Lipinski definition) is 2. The molecule has 0 bridgehead atoms. The molecule has 158 valence electrons. The minimum absolute atomic E-state index is 0.0363. The first-order valence-electron chi connectivity index (χ1n) is 10.5. The van der Waals surface area contributed by atoms with Gasteiger partial charge in [0.25, 0.3) is 0 Å². The highest BCUT2D eigenvalue weighted by atomic mass is 32.2. The van der Waals surface area contributed by atoms with Gasteiger partial charge in [0.05, 0.1) is 18.1 Å². The van der Waals surface area contributed by atoms with Crippen molar-refractivity contribution >= 4 is 29.0 Å². The predicted octanol–water partition coefficient (Wildman–Crippen LogP) is 5.17. The lowest BCUT2D eigenvalue weighted by molar-refractivity contribution is 0.161. The number of benzene rings is 2.